The molecule has 0 aliphatic heterocycles. The molecule has 0 saturated carbocycles. The van der Waals surface area contributed by atoms with E-state index in [1.807, 2.05) is 0 Å². The molecule has 0 saturated heterocycles. The predicted molar refractivity (Wildman–Crippen MR) is 67.5 cm³/mol. The van der Waals surface area contributed by atoms with E-state index in [0.717, 1.165) is 12.1 Å². The van der Waals surface area contributed by atoms with Gasteiger partial charge in [0.05, 0.1) is 23.4 Å². The van der Waals surface area contributed by atoms with Gasteiger partial charge >= 0.3 is 5.69 Å². The van der Waals surface area contributed by atoms with Gasteiger partial charge in [-0.2, -0.15) is 4.39 Å². The van der Waals surface area contributed by atoms with Crippen LogP contribution >= 0.6 is 0 Å². The van der Waals surface area contributed by atoms with E-state index in [-0.39, 0.29) is 13.2 Å². The third-order valence-corrected chi connectivity index (χ3v) is 2.57. The van der Waals surface area contributed by atoms with E-state index in [0.29, 0.717) is 17.0 Å². The number of hydrogen-bond donors (Lipinski definition) is 1. The van der Waals surface area contributed by atoms with E-state index in [1.54, 1.807) is 12.1 Å². The molecule has 0 fully saturated rings. The molecule has 0 spiro atoms. The van der Waals surface area contributed by atoms with Gasteiger partial charge < -0.3 is 9.84 Å². The summed E-state index contributed by atoms with van der Waals surface area (Å²) in [6.07, 6.45) is 1.44. The molecule has 0 bridgehead atoms. The first-order valence-electron chi connectivity index (χ1n) is 5.71. The lowest BCUT2D eigenvalue weighted by Crippen LogP contribution is -1.99. The minimum absolute atomic E-state index is 0.0645. The van der Waals surface area contributed by atoms with Crippen LogP contribution in [-0.4, -0.2) is 15.0 Å². The summed E-state index contributed by atoms with van der Waals surface area (Å²) in [5.41, 5.74) is 0.417. The van der Waals surface area contributed by atoms with E-state index >= 15 is 0 Å². The zero-order chi connectivity index (χ0) is 14.5. The molecule has 20 heavy (non-hydrogen) atoms. The summed E-state index contributed by atoms with van der Waals surface area (Å²) in [6.45, 7) is -0.0943. The Bertz CT molecular complexity index is 616. The number of nitro groups is 1. The van der Waals surface area contributed by atoms with Crippen LogP contribution < -0.4 is 4.74 Å². The molecule has 7 heteroatoms. The third kappa shape index (κ3) is 3.27. The predicted octanol–water partition coefficient (Wildman–Crippen LogP) is 2.20. The quantitative estimate of drug-likeness (QED) is 0.669. The van der Waals surface area contributed by atoms with Crippen LogP contribution in [0.5, 0.6) is 5.75 Å². The molecule has 1 N–H and O–H groups in total. The van der Waals surface area contributed by atoms with E-state index in [2.05, 4.69) is 4.98 Å². The second-order valence-electron chi connectivity index (χ2n) is 3.97. The maximum absolute atomic E-state index is 13.4. The molecular formula is C13H11FN2O4. The Hall–Kier alpha value is -2.54. The molecule has 1 aromatic carbocycles. The summed E-state index contributed by atoms with van der Waals surface area (Å²) in [5.74, 6) is -0.439. The van der Waals surface area contributed by atoms with Gasteiger partial charge in [-0.15, -0.1) is 0 Å². The van der Waals surface area contributed by atoms with Crippen LogP contribution in [0.25, 0.3) is 0 Å². The Morgan fingerprint density at radius 3 is 2.70 bits per heavy atom. The average molecular weight is 278 g/mol. The van der Waals surface area contributed by atoms with Gasteiger partial charge in [-0.3, -0.25) is 15.1 Å². The van der Waals surface area contributed by atoms with Gasteiger partial charge in [0.1, 0.15) is 12.4 Å². The second kappa shape index (κ2) is 6.07. The Morgan fingerprint density at radius 1 is 1.35 bits per heavy atom. The number of benzene rings is 1. The average Bonchev–Trinajstić information content (AvgIpc) is 2.45. The largest absolute Gasteiger partial charge is 0.487 e. The molecule has 0 amide bonds. The van der Waals surface area contributed by atoms with Crippen LogP contribution in [0.15, 0.2) is 36.5 Å². The lowest BCUT2D eigenvalue weighted by molar-refractivity contribution is -0.387. The fourth-order valence-electron chi connectivity index (χ4n) is 1.54. The van der Waals surface area contributed by atoms with Crippen LogP contribution in [-0.2, 0) is 13.2 Å². The molecule has 0 atom stereocenters. The van der Waals surface area contributed by atoms with Gasteiger partial charge in [0.15, 0.2) is 0 Å². The number of aromatic nitrogens is 1. The number of ether oxygens (including phenoxy) is 1. The van der Waals surface area contributed by atoms with Crippen LogP contribution in [0.1, 0.15) is 11.3 Å². The number of hydrogen-bond acceptors (Lipinski definition) is 5. The number of rotatable bonds is 5. The van der Waals surface area contributed by atoms with Crippen LogP contribution in [0, 0.1) is 15.9 Å². The monoisotopic (exact) mass is 278 g/mol. The fraction of sp³-hybridized carbons (Fsp3) is 0.154. The van der Waals surface area contributed by atoms with Gasteiger partial charge in [0, 0.05) is 6.07 Å². The molecule has 0 aliphatic rings. The summed E-state index contributed by atoms with van der Waals surface area (Å²) in [5, 5.41) is 19.3. The third-order valence-electron chi connectivity index (χ3n) is 2.57. The molecule has 0 unspecified atom stereocenters. The molecule has 1 heterocycles. The number of nitro benzene ring substituents is 1. The highest BCUT2D eigenvalue weighted by Gasteiger charge is 2.13. The fourth-order valence-corrected chi connectivity index (χ4v) is 1.54. The smallest absolute Gasteiger partial charge is 0.304 e. The first-order valence-corrected chi connectivity index (χ1v) is 5.71. The van der Waals surface area contributed by atoms with Crippen molar-refractivity contribution in [1.29, 1.82) is 0 Å². The van der Waals surface area contributed by atoms with Crippen molar-refractivity contribution in [1.82, 2.24) is 4.98 Å². The molecule has 2 aromatic rings. The van der Waals surface area contributed by atoms with Gasteiger partial charge in [-0.1, -0.05) is 0 Å². The number of aliphatic hydroxyl groups is 1. The first-order chi connectivity index (χ1) is 9.60. The van der Waals surface area contributed by atoms with Crippen molar-refractivity contribution in [2.24, 2.45) is 0 Å². The standard InChI is InChI=1S/C13H11FN2O4/c14-12-5-9(1-4-13(12)16(18)19)8-20-11-3-2-10(7-17)15-6-11/h1-6,17H,7-8H2. The minimum Gasteiger partial charge on any atom is -0.487 e. The first kappa shape index (κ1) is 13.9. The lowest BCUT2D eigenvalue weighted by Gasteiger charge is -2.06. The number of aliphatic hydroxyl groups excluding tert-OH is 1. The van der Waals surface area contributed by atoms with E-state index < -0.39 is 16.4 Å². The Morgan fingerprint density at radius 2 is 2.15 bits per heavy atom. The molecule has 0 aliphatic carbocycles. The van der Waals surface area contributed by atoms with E-state index in [4.69, 9.17) is 9.84 Å². The molecule has 6 nitrogen and oxygen atoms in total. The summed E-state index contributed by atoms with van der Waals surface area (Å²) in [6, 6.07) is 6.82. The molecule has 1 aromatic heterocycles. The van der Waals surface area contributed by atoms with Crippen LogP contribution in [0.3, 0.4) is 0 Å². The zero-order valence-corrected chi connectivity index (χ0v) is 10.3. The normalized spacial score (nSPS) is 10.3. The van der Waals surface area contributed by atoms with Crippen molar-refractivity contribution in [2.45, 2.75) is 13.2 Å². The van der Waals surface area contributed by atoms with E-state index in [9.17, 15) is 14.5 Å². The van der Waals surface area contributed by atoms with Crippen molar-refractivity contribution in [3.05, 3.63) is 63.7 Å². The Labute approximate surface area is 113 Å². The van der Waals surface area contributed by atoms with Crippen molar-refractivity contribution >= 4 is 5.69 Å². The molecular weight excluding hydrogens is 267 g/mol. The highest BCUT2D eigenvalue weighted by atomic mass is 19.1. The molecule has 2 rings (SSSR count). The number of halogens is 1. The van der Waals surface area contributed by atoms with Crippen molar-refractivity contribution < 1.29 is 19.2 Å². The Kier molecular flexibility index (Phi) is 4.21. The van der Waals surface area contributed by atoms with Crippen molar-refractivity contribution in [3.8, 4) is 5.75 Å². The number of nitrogens with zero attached hydrogens (tertiary/aromatic N) is 2. The van der Waals surface area contributed by atoms with Gasteiger partial charge in [-0.25, -0.2) is 0 Å². The minimum atomic E-state index is -0.898. The lowest BCUT2D eigenvalue weighted by atomic mass is 10.2. The maximum atomic E-state index is 13.4. The topological polar surface area (TPSA) is 85.5 Å². The van der Waals surface area contributed by atoms with Gasteiger partial charge in [0.2, 0.25) is 5.82 Å². The zero-order valence-electron chi connectivity index (χ0n) is 10.3. The summed E-state index contributed by atoms with van der Waals surface area (Å²) in [7, 11) is 0. The SMILES string of the molecule is O=[N+]([O-])c1ccc(COc2ccc(CO)nc2)cc1F. The second-order valence-corrected chi connectivity index (χ2v) is 3.97. The molecule has 0 radical (unpaired) electrons. The number of pyridine rings is 1. The summed E-state index contributed by atoms with van der Waals surface area (Å²) < 4.78 is 18.8. The van der Waals surface area contributed by atoms with Crippen molar-refractivity contribution in [3.63, 3.8) is 0 Å². The highest BCUT2D eigenvalue weighted by Crippen LogP contribution is 2.19. The maximum Gasteiger partial charge on any atom is 0.304 e. The molecule has 104 valence electrons. The van der Waals surface area contributed by atoms with E-state index in [1.165, 1.54) is 12.3 Å². The summed E-state index contributed by atoms with van der Waals surface area (Å²) in [4.78, 5) is 13.6. The highest BCUT2D eigenvalue weighted by molar-refractivity contribution is 5.35. The van der Waals surface area contributed by atoms with Gasteiger partial charge in [0.25, 0.3) is 0 Å². The summed E-state index contributed by atoms with van der Waals surface area (Å²) >= 11 is 0. The Balaban J connectivity index is 2.03. The van der Waals surface area contributed by atoms with Crippen molar-refractivity contribution in [2.75, 3.05) is 0 Å². The van der Waals surface area contributed by atoms with Crippen LogP contribution in [0.2, 0.25) is 0 Å². The van der Waals surface area contributed by atoms with Crippen LogP contribution in [0.4, 0.5) is 10.1 Å². The van der Waals surface area contributed by atoms with Gasteiger partial charge in [-0.05, 0) is 29.8 Å².